The molecule has 0 bridgehead atoms. The summed E-state index contributed by atoms with van der Waals surface area (Å²) in [7, 11) is 1.77. The summed E-state index contributed by atoms with van der Waals surface area (Å²) < 4.78 is 9.38. The van der Waals surface area contributed by atoms with Crippen LogP contribution in [-0.4, -0.2) is 92.6 Å². The molecule has 334 valence electrons. The number of rotatable bonds is 11. The first-order valence-corrected chi connectivity index (χ1v) is 23.3. The van der Waals surface area contributed by atoms with Crippen LogP contribution in [0, 0.1) is 12.5 Å². The molecule has 0 radical (unpaired) electrons. The topological polar surface area (TPSA) is 122 Å². The number of likely N-dealkylation sites (tertiary alicyclic amines) is 2. The molecule has 4 aliphatic heterocycles. The van der Waals surface area contributed by atoms with Crippen LogP contribution in [0.3, 0.4) is 0 Å². The standard InChI is InChI=1S/C50H58ClN9O4/c1-50(2,37-28-38(51)30-40(29-37)52-3)36-6-8-42(9-7-36)64-32-39-13-20-53-48(54-39)59-25-18-41(19-26-59)58-23-14-33(15-24-58)31-57-21-16-34(17-22-57)35-5-10-43-45(27-35)56(4)49(63)60(43)44-11-12-46(61)55-47(44)62/h5-10,13,20,27-30,33-34,41,44H,11-12,14-19,21-26,31-32H2,1-2,4H3,(H,55,61,62). The largest absolute Gasteiger partial charge is 0.487 e. The normalized spacial score (nSPS) is 20.1. The average molecular weight is 885 g/mol. The summed E-state index contributed by atoms with van der Waals surface area (Å²) in [6.45, 7) is 19.6. The molecular weight excluding hydrogens is 826 g/mol. The van der Waals surface area contributed by atoms with Gasteiger partial charge in [-0.2, -0.15) is 0 Å². The van der Waals surface area contributed by atoms with E-state index in [0.29, 0.717) is 35.7 Å². The fraction of sp³-hybridized carbons (Fsp3) is 0.480. The number of anilines is 1. The number of amides is 2. The summed E-state index contributed by atoms with van der Waals surface area (Å²) in [5, 5.41) is 2.96. The van der Waals surface area contributed by atoms with Gasteiger partial charge in [0.15, 0.2) is 5.69 Å². The Morgan fingerprint density at radius 2 is 1.59 bits per heavy atom. The number of carbonyl (C=O) groups excluding carboxylic acids is 2. The maximum absolute atomic E-state index is 13.3. The van der Waals surface area contributed by atoms with Crippen LogP contribution >= 0.6 is 11.6 Å². The van der Waals surface area contributed by atoms with Gasteiger partial charge in [-0.3, -0.25) is 24.0 Å². The third kappa shape index (κ3) is 9.19. The molecule has 1 unspecified atom stereocenters. The van der Waals surface area contributed by atoms with Gasteiger partial charge in [0.25, 0.3) is 0 Å². The number of hydrogen-bond donors (Lipinski definition) is 1. The van der Waals surface area contributed by atoms with E-state index in [1.54, 1.807) is 22.2 Å². The Labute approximate surface area is 380 Å². The monoisotopic (exact) mass is 883 g/mol. The zero-order chi connectivity index (χ0) is 44.5. The lowest BCUT2D eigenvalue weighted by atomic mass is 9.78. The highest BCUT2D eigenvalue weighted by Gasteiger charge is 2.33. The lowest BCUT2D eigenvalue weighted by molar-refractivity contribution is -0.135. The number of fused-ring (bicyclic) bond motifs is 1. The predicted molar refractivity (Wildman–Crippen MR) is 249 cm³/mol. The van der Waals surface area contributed by atoms with Crippen molar-refractivity contribution in [3.8, 4) is 5.75 Å². The molecule has 14 heteroatoms. The Morgan fingerprint density at radius 3 is 2.31 bits per heavy atom. The second kappa shape index (κ2) is 18.5. The Balaban J connectivity index is 0.707. The number of carbonyl (C=O) groups is 2. The van der Waals surface area contributed by atoms with Crippen molar-refractivity contribution in [2.45, 2.75) is 95.2 Å². The van der Waals surface area contributed by atoms with Crippen molar-refractivity contribution < 1.29 is 14.3 Å². The fourth-order valence-electron chi connectivity index (χ4n) is 10.5. The quantitative estimate of drug-likeness (QED) is 0.105. The summed E-state index contributed by atoms with van der Waals surface area (Å²) in [6, 6.07) is 21.8. The van der Waals surface area contributed by atoms with E-state index in [9.17, 15) is 14.4 Å². The first kappa shape index (κ1) is 43.7. The molecule has 64 heavy (non-hydrogen) atoms. The van der Waals surface area contributed by atoms with Crippen LogP contribution in [0.5, 0.6) is 5.75 Å². The fourth-order valence-corrected chi connectivity index (χ4v) is 10.7. The van der Waals surface area contributed by atoms with Gasteiger partial charge in [-0.1, -0.05) is 49.7 Å². The first-order valence-electron chi connectivity index (χ1n) is 22.9. The molecule has 13 nitrogen and oxygen atoms in total. The van der Waals surface area contributed by atoms with Crippen LogP contribution in [0.2, 0.25) is 5.02 Å². The number of halogens is 1. The second-order valence-electron chi connectivity index (χ2n) is 18.8. The third-order valence-corrected chi connectivity index (χ3v) is 14.7. The molecule has 5 aromatic rings. The van der Waals surface area contributed by atoms with Crippen LogP contribution < -0.4 is 20.6 Å². The van der Waals surface area contributed by atoms with Crippen LogP contribution in [0.25, 0.3) is 15.9 Å². The minimum absolute atomic E-state index is 0.221. The Hall–Kier alpha value is -5.55. The number of ether oxygens (including phenoxy) is 1. The second-order valence-corrected chi connectivity index (χ2v) is 19.2. The van der Waals surface area contributed by atoms with E-state index < -0.39 is 11.9 Å². The van der Waals surface area contributed by atoms with E-state index in [-0.39, 0.29) is 23.4 Å². The number of nitrogens with one attached hydrogen (secondary N) is 1. The highest BCUT2D eigenvalue weighted by atomic mass is 35.5. The minimum atomic E-state index is -0.666. The molecule has 3 aromatic carbocycles. The van der Waals surface area contributed by atoms with Crippen molar-refractivity contribution in [2.75, 3.05) is 50.7 Å². The highest BCUT2D eigenvalue weighted by Crippen LogP contribution is 2.37. The van der Waals surface area contributed by atoms with Gasteiger partial charge in [-0.25, -0.2) is 19.6 Å². The van der Waals surface area contributed by atoms with Crippen LogP contribution in [0.4, 0.5) is 11.6 Å². The van der Waals surface area contributed by atoms with Gasteiger partial charge in [-0.05, 0) is 142 Å². The van der Waals surface area contributed by atoms with Crippen molar-refractivity contribution >= 4 is 46.1 Å². The first-order chi connectivity index (χ1) is 30.9. The molecule has 1 atom stereocenters. The number of hydrogen-bond acceptors (Lipinski definition) is 9. The van der Waals surface area contributed by atoms with Crippen molar-refractivity contribution in [3.63, 3.8) is 0 Å². The van der Waals surface area contributed by atoms with E-state index in [2.05, 4.69) is 68.0 Å². The molecule has 6 heterocycles. The molecule has 4 saturated heterocycles. The maximum Gasteiger partial charge on any atom is 0.329 e. The SMILES string of the molecule is [C-]#[N+]c1cc(Cl)cc(C(C)(C)c2ccc(OCc3ccnc(N4CCC(N5CCC(CN6CCC(c7ccc8c(c7)n(C)c(=O)n8C7CCC(=O)NC7=O)CC6)CC5)CC4)n3)cc2)c1. The van der Waals surface area contributed by atoms with E-state index in [1.165, 1.54) is 18.4 Å². The van der Waals surface area contributed by atoms with Gasteiger partial charge in [0.2, 0.25) is 17.8 Å². The molecule has 9 rings (SSSR count). The van der Waals surface area contributed by atoms with Gasteiger partial charge in [-0.15, -0.1) is 0 Å². The Kier molecular flexibility index (Phi) is 12.6. The molecule has 2 amide bonds. The lowest BCUT2D eigenvalue weighted by Gasteiger charge is -2.43. The number of benzene rings is 3. The molecule has 0 spiro atoms. The maximum atomic E-state index is 13.3. The van der Waals surface area contributed by atoms with E-state index in [4.69, 9.17) is 27.9 Å². The van der Waals surface area contributed by atoms with Gasteiger partial charge < -0.3 is 19.4 Å². The molecule has 4 fully saturated rings. The predicted octanol–water partition coefficient (Wildman–Crippen LogP) is 7.78. The number of piperidine rings is 4. The van der Waals surface area contributed by atoms with Crippen LogP contribution in [0.15, 0.2) is 77.7 Å². The van der Waals surface area contributed by atoms with Crippen LogP contribution in [0.1, 0.15) is 99.6 Å². The Bertz CT molecular complexity index is 2610. The summed E-state index contributed by atoms with van der Waals surface area (Å²) in [5.41, 5.74) is 5.77. The smallest absolute Gasteiger partial charge is 0.329 e. The molecule has 1 N–H and O–H groups in total. The Morgan fingerprint density at radius 1 is 0.844 bits per heavy atom. The molecule has 2 aromatic heterocycles. The number of aromatic nitrogens is 4. The average Bonchev–Trinajstić information content (AvgIpc) is 3.56. The zero-order valence-corrected chi connectivity index (χ0v) is 37.9. The summed E-state index contributed by atoms with van der Waals surface area (Å²) >= 11 is 6.33. The number of aryl methyl sites for hydroxylation is 1. The third-order valence-electron chi connectivity index (χ3n) is 14.5. The molecule has 0 saturated carbocycles. The van der Waals surface area contributed by atoms with E-state index >= 15 is 0 Å². The number of imide groups is 1. The lowest BCUT2D eigenvalue weighted by Crippen LogP contribution is -2.49. The van der Waals surface area contributed by atoms with Crippen molar-refractivity contribution in [2.24, 2.45) is 13.0 Å². The van der Waals surface area contributed by atoms with Gasteiger partial charge in [0.1, 0.15) is 18.4 Å². The zero-order valence-electron chi connectivity index (χ0n) is 37.1. The van der Waals surface area contributed by atoms with Gasteiger partial charge in [0.05, 0.1) is 23.3 Å². The minimum Gasteiger partial charge on any atom is -0.487 e. The van der Waals surface area contributed by atoms with Crippen molar-refractivity contribution in [3.05, 3.63) is 122 Å². The van der Waals surface area contributed by atoms with E-state index in [0.717, 1.165) is 117 Å². The van der Waals surface area contributed by atoms with Crippen LogP contribution in [-0.2, 0) is 28.7 Å². The summed E-state index contributed by atoms with van der Waals surface area (Å²) in [5.74, 6) is 2.02. The van der Waals surface area contributed by atoms with Gasteiger partial charge >= 0.3 is 5.69 Å². The number of nitrogens with zero attached hydrogens (tertiary/aromatic N) is 8. The van der Waals surface area contributed by atoms with Gasteiger partial charge in [0, 0.05) is 55.8 Å². The van der Waals surface area contributed by atoms with Crippen molar-refractivity contribution in [1.29, 1.82) is 0 Å². The van der Waals surface area contributed by atoms with Crippen molar-refractivity contribution in [1.82, 2.24) is 34.2 Å². The highest BCUT2D eigenvalue weighted by molar-refractivity contribution is 6.31. The summed E-state index contributed by atoms with van der Waals surface area (Å²) in [4.78, 5) is 58.5. The number of imidazole rings is 1. The molecule has 4 aliphatic rings. The molecule has 0 aliphatic carbocycles. The van der Waals surface area contributed by atoms with E-state index in [1.807, 2.05) is 42.6 Å². The summed E-state index contributed by atoms with van der Waals surface area (Å²) in [6.07, 6.45) is 9.31. The molecular formula is C50H58ClN9O4.